The molecule has 2 aliphatic rings. The van der Waals surface area contributed by atoms with Gasteiger partial charge < -0.3 is 0 Å². The van der Waals surface area contributed by atoms with E-state index in [1.807, 2.05) is 0 Å². The van der Waals surface area contributed by atoms with Gasteiger partial charge in [-0.1, -0.05) is 51.4 Å². The lowest BCUT2D eigenvalue weighted by Gasteiger charge is -2.23. The van der Waals surface area contributed by atoms with Gasteiger partial charge in [0.1, 0.15) is 0 Å². The molecule has 0 spiro atoms. The van der Waals surface area contributed by atoms with Crippen molar-refractivity contribution in [2.24, 2.45) is 22.1 Å². The molecule has 0 aromatic carbocycles. The molecule has 4 atom stereocenters. The smallest absolute Gasteiger partial charge is 0.0866 e. The minimum Gasteiger partial charge on any atom is -0.198 e. The SMILES string of the molecule is N#CC1CCCCCCC1N=NC1CCCCCCC1C#N. The second-order valence-corrected chi connectivity index (χ2v) is 6.82. The van der Waals surface area contributed by atoms with Gasteiger partial charge in [-0.05, 0) is 25.7 Å². The van der Waals surface area contributed by atoms with Crippen LogP contribution in [0.15, 0.2) is 10.2 Å². The molecule has 0 saturated heterocycles. The molecule has 0 aliphatic heterocycles. The lowest BCUT2D eigenvalue weighted by atomic mass is 9.87. The Kier molecular flexibility index (Phi) is 7.37. The molecular formula is C18H28N4. The van der Waals surface area contributed by atoms with Gasteiger partial charge in [0.05, 0.1) is 36.1 Å². The van der Waals surface area contributed by atoms with Crippen LogP contribution in [0.25, 0.3) is 0 Å². The molecule has 120 valence electrons. The van der Waals surface area contributed by atoms with Crippen LogP contribution in [0.4, 0.5) is 0 Å². The first kappa shape index (κ1) is 16.9. The van der Waals surface area contributed by atoms with E-state index in [1.165, 1.54) is 25.7 Å². The molecule has 4 heteroatoms. The molecule has 4 nitrogen and oxygen atoms in total. The van der Waals surface area contributed by atoms with E-state index in [2.05, 4.69) is 22.4 Å². The molecule has 2 rings (SSSR count). The Hall–Kier alpha value is -1.42. The van der Waals surface area contributed by atoms with Crippen molar-refractivity contribution >= 4 is 0 Å². The zero-order valence-corrected chi connectivity index (χ0v) is 13.6. The van der Waals surface area contributed by atoms with Gasteiger partial charge in [-0.25, -0.2) is 0 Å². The summed E-state index contributed by atoms with van der Waals surface area (Å²) in [6, 6.07) is 4.98. The van der Waals surface area contributed by atoms with Crippen LogP contribution in [-0.2, 0) is 0 Å². The average Bonchev–Trinajstić information content (AvgIpc) is 2.48. The van der Waals surface area contributed by atoms with Crippen LogP contribution < -0.4 is 0 Å². The zero-order valence-electron chi connectivity index (χ0n) is 13.6. The fraction of sp³-hybridized carbons (Fsp3) is 0.889. The zero-order chi connectivity index (χ0) is 15.6. The molecule has 0 aromatic rings. The summed E-state index contributed by atoms with van der Waals surface area (Å²) < 4.78 is 0. The lowest BCUT2D eigenvalue weighted by Crippen LogP contribution is -2.22. The summed E-state index contributed by atoms with van der Waals surface area (Å²) in [6.07, 6.45) is 13.4. The van der Waals surface area contributed by atoms with Crippen molar-refractivity contribution in [3.8, 4) is 12.1 Å². The minimum absolute atomic E-state index is 0.0122. The van der Waals surface area contributed by atoms with Crippen molar-refractivity contribution in [2.45, 2.75) is 89.1 Å². The topological polar surface area (TPSA) is 72.3 Å². The van der Waals surface area contributed by atoms with Crippen molar-refractivity contribution in [1.29, 1.82) is 10.5 Å². The second-order valence-electron chi connectivity index (χ2n) is 6.82. The highest BCUT2D eigenvalue weighted by Crippen LogP contribution is 2.28. The molecule has 0 bridgehead atoms. The van der Waals surface area contributed by atoms with Crippen molar-refractivity contribution < 1.29 is 0 Å². The summed E-state index contributed by atoms with van der Waals surface area (Å²) in [5, 5.41) is 27.9. The summed E-state index contributed by atoms with van der Waals surface area (Å²) in [6.45, 7) is 0. The van der Waals surface area contributed by atoms with E-state index in [9.17, 15) is 10.5 Å². The summed E-state index contributed by atoms with van der Waals surface area (Å²) in [5.41, 5.74) is 0. The van der Waals surface area contributed by atoms with Gasteiger partial charge in [-0.3, -0.25) is 0 Å². The maximum atomic E-state index is 9.39. The standard InChI is InChI=1S/C18H28N4/c19-13-15-9-5-1-3-7-11-17(15)21-22-18-12-8-4-2-6-10-16(18)14-20/h15-18H,1-12H2. The summed E-state index contributed by atoms with van der Waals surface area (Å²) >= 11 is 0. The Morgan fingerprint density at radius 2 is 0.909 bits per heavy atom. The highest BCUT2D eigenvalue weighted by molar-refractivity contribution is 4.95. The van der Waals surface area contributed by atoms with Crippen LogP contribution in [0.5, 0.6) is 0 Å². The van der Waals surface area contributed by atoms with E-state index in [4.69, 9.17) is 0 Å². The number of nitriles is 2. The molecule has 4 unspecified atom stereocenters. The summed E-state index contributed by atoms with van der Waals surface area (Å²) in [5.74, 6) is 0.0243. The Morgan fingerprint density at radius 1 is 0.545 bits per heavy atom. The van der Waals surface area contributed by atoms with E-state index in [1.54, 1.807) is 0 Å². The molecule has 2 aliphatic carbocycles. The normalized spacial score (nSPS) is 34.6. The third kappa shape index (κ3) is 5.09. The molecule has 2 saturated carbocycles. The van der Waals surface area contributed by atoms with E-state index in [-0.39, 0.29) is 23.9 Å². The third-order valence-corrected chi connectivity index (χ3v) is 5.15. The van der Waals surface area contributed by atoms with E-state index >= 15 is 0 Å². The highest BCUT2D eigenvalue weighted by Gasteiger charge is 2.25. The van der Waals surface area contributed by atoms with Gasteiger partial charge in [0.2, 0.25) is 0 Å². The quantitative estimate of drug-likeness (QED) is 0.660. The molecular weight excluding hydrogens is 272 g/mol. The van der Waals surface area contributed by atoms with E-state index in [0.717, 1.165) is 51.4 Å². The average molecular weight is 300 g/mol. The monoisotopic (exact) mass is 300 g/mol. The number of rotatable bonds is 2. The first-order valence-electron chi connectivity index (χ1n) is 9.04. The number of hydrogen-bond acceptors (Lipinski definition) is 4. The van der Waals surface area contributed by atoms with Gasteiger partial charge in [0, 0.05) is 0 Å². The Bertz CT molecular complexity index is 391. The van der Waals surface area contributed by atoms with Gasteiger partial charge in [0.25, 0.3) is 0 Å². The lowest BCUT2D eigenvalue weighted by molar-refractivity contribution is 0.346. The van der Waals surface area contributed by atoms with Gasteiger partial charge in [0.15, 0.2) is 0 Å². The Labute approximate surface area is 134 Å². The Balaban J connectivity index is 2.02. The van der Waals surface area contributed by atoms with E-state index < -0.39 is 0 Å². The van der Waals surface area contributed by atoms with Crippen LogP contribution in [0.3, 0.4) is 0 Å². The van der Waals surface area contributed by atoms with Crippen molar-refractivity contribution in [3.63, 3.8) is 0 Å². The van der Waals surface area contributed by atoms with Crippen LogP contribution in [0.2, 0.25) is 0 Å². The second kappa shape index (κ2) is 9.57. The molecule has 22 heavy (non-hydrogen) atoms. The number of hydrogen-bond donors (Lipinski definition) is 0. The van der Waals surface area contributed by atoms with Gasteiger partial charge in [-0.2, -0.15) is 20.8 Å². The molecule has 0 radical (unpaired) electrons. The van der Waals surface area contributed by atoms with E-state index in [0.29, 0.717) is 0 Å². The Morgan fingerprint density at radius 3 is 1.27 bits per heavy atom. The first-order chi connectivity index (χ1) is 10.8. The maximum absolute atomic E-state index is 9.39. The molecule has 2 fully saturated rings. The highest BCUT2D eigenvalue weighted by atomic mass is 15.1. The van der Waals surface area contributed by atoms with Crippen LogP contribution >= 0.6 is 0 Å². The predicted molar refractivity (Wildman–Crippen MR) is 86.0 cm³/mol. The number of nitrogens with zero attached hydrogens (tertiary/aromatic N) is 4. The molecule has 0 aromatic heterocycles. The number of azo groups is 1. The van der Waals surface area contributed by atoms with Gasteiger partial charge in [-0.15, -0.1) is 0 Å². The van der Waals surface area contributed by atoms with Crippen LogP contribution in [0.1, 0.15) is 77.0 Å². The van der Waals surface area contributed by atoms with Crippen molar-refractivity contribution in [1.82, 2.24) is 0 Å². The summed E-state index contributed by atoms with van der Waals surface area (Å²) in [4.78, 5) is 0. The van der Waals surface area contributed by atoms with Crippen molar-refractivity contribution in [3.05, 3.63) is 0 Å². The molecule has 0 amide bonds. The van der Waals surface area contributed by atoms with Crippen molar-refractivity contribution in [2.75, 3.05) is 0 Å². The van der Waals surface area contributed by atoms with Gasteiger partial charge >= 0.3 is 0 Å². The summed E-state index contributed by atoms with van der Waals surface area (Å²) in [7, 11) is 0. The molecule has 0 heterocycles. The fourth-order valence-corrected chi connectivity index (χ4v) is 3.68. The minimum atomic E-state index is 0.0122. The maximum Gasteiger partial charge on any atom is 0.0866 e. The fourth-order valence-electron chi connectivity index (χ4n) is 3.68. The van der Waals surface area contributed by atoms with Crippen LogP contribution in [0, 0.1) is 34.5 Å². The molecule has 0 N–H and O–H groups in total. The first-order valence-corrected chi connectivity index (χ1v) is 9.04. The predicted octanol–water partition coefficient (Wildman–Crippen LogP) is 5.16. The largest absolute Gasteiger partial charge is 0.198 e. The third-order valence-electron chi connectivity index (χ3n) is 5.15. The van der Waals surface area contributed by atoms with Crippen LogP contribution in [-0.4, -0.2) is 12.1 Å².